The summed E-state index contributed by atoms with van der Waals surface area (Å²) in [5, 5.41) is 3.34. The van der Waals surface area contributed by atoms with Crippen LogP contribution in [0.2, 0.25) is 0 Å². The number of benzene rings is 1. The largest absolute Gasteiger partial charge is 0.493 e. The van der Waals surface area contributed by atoms with E-state index in [1.54, 1.807) is 14.2 Å². The molecule has 0 saturated heterocycles. The van der Waals surface area contributed by atoms with Crippen molar-refractivity contribution in [3.63, 3.8) is 0 Å². The number of carbonyl (C=O) groups is 2. The molecule has 1 aliphatic heterocycles. The molecule has 160 valence electrons. The van der Waals surface area contributed by atoms with Gasteiger partial charge in [-0.25, -0.2) is 4.79 Å². The fraction of sp³-hybridized carbons (Fsp3) is 0.500. The first-order chi connectivity index (χ1) is 14.5. The molecule has 1 unspecified atom stereocenters. The molecule has 1 aromatic rings. The number of hydrogen-bond donors (Lipinski definition) is 1. The summed E-state index contributed by atoms with van der Waals surface area (Å²) >= 11 is 0. The number of carbonyl (C=O) groups excluding carboxylic acids is 2. The van der Waals surface area contributed by atoms with E-state index >= 15 is 0 Å². The van der Waals surface area contributed by atoms with Crippen LogP contribution >= 0.6 is 0 Å². The first-order valence-corrected chi connectivity index (χ1v) is 10.7. The number of ether oxygens (including phenoxy) is 3. The van der Waals surface area contributed by atoms with E-state index in [0.29, 0.717) is 29.1 Å². The number of rotatable bonds is 5. The Morgan fingerprint density at radius 2 is 1.77 bits per heavy atom. The van der Waals surface area contributed by atoms with E-state index in [2.05, 4.69) is 5.32 Å². The molecule has 2 aliphatic carbocycles. The molecule has 0 aromatic heterocycles. The lowest BCUT2D eigenvalue weighted by atomic mass is 9.75. The lowest BCUT2D eigenvalue weighted by molar-refractivity contribution is -0.144. The Labute approximate surface area is 177 Å². The lowest BCUT2D eigenvalue weighted by Gasteiger charge is -2.34. The lowest BCUT2D eigenvalue weighted by Crippen LogP contribution is -2.35. The average molecular weight is 411 g/mol. The molecule has 1 saturated carbocycles. The number of methoxy groups -OCH3 is 2. The number of hydrogen-bond acceptors (Lipinski definition) is 6. The number of Topliss-reactive ketones (excluding diaryl/α,β-unsaturated/α-hetero) is 1. The van der Waals surface area contributed by atoms with E-state index in [4.69, 9.17) is 14.2 Å². The maximum absolute atomic E-state index is 13.3. The second-order valence-corrected chi connectivity index (χ2v) is 8.19. The van der Waals surface area contributed by atoms with Gasteiger partial charge in [0.05, 0.1) is 19.8 Å². The summed E-state index contributed by atoms with van der Waals surface area (Å²) in [6, 6.07) is 5.58. The topological polar surface area (TPSA) is 73.9 Å². The summed E-state index contributed by atoms with van der Waals surface area (Å²) < 4.78 is 16.7. The summed E-state index contributed by atoms with van der Waals surface area (Å²) in [5.74, 6) is 0.455. The highest BCUT2D eigenvalue weighted by Crippen LogP contribution is 2.44. The van der Waals surface area contributed by atoms with Gasteiger partial charge in [0.15, 0.2) is 17.3 Å². The third-order valence-corrected chi connectivity index (χ3v) is 6.31. The van der Waals surface area contributed by atoms with Gasteiger partial charge in [-0.05, 0) is 63.1 Å². The molecule has 3 aliphatic rings. The number of esters is 1. The van der Waals surface area contributed by atoms with Crippen molar-refractivity contribution >= 4 is 11.8 Å². The zero-order chi connectivity index (χ0) is 21.3. The minimum absolute atomic E-state index is 0.0405. The van der Waals surface area contributed by atoms with Gasteiger partial charge in [0, 0.05) is 29.3 Å². The number of ketones is 1. The molecule has 1 aromatic carbocycles. The predicted molar refractivity (Wildman–Crippen MR) is 112 cm³/mol. The molecule has 30 heavy (non-hydrogen) atoms. The summed E-state index contributed by atoms with van der Waals surface area (Å²) in [4.78, 5) is 26.3. The monoisotopic (exact) mass is 411 g/mol. The van der Waals surface area contributed by atoms with Crippen LogP contribution in [-0.2, 0) is 14.3 Å². The quantitative estimate of drug-likeness (QED) is 0.734. The molecule has 0 bridgehead atoms. The minimum atomic E-state index is -0.470. The Balaban J connectivity index is 1.79. The van der Waals surface area contributed by atoms with Crippen LogP contribution in [0.4, 0.5) is 0 Å². The predicted octanol–water partition coefficient (Wildman–Crippen LogP) is 4.16. The first-order valence-electron chi connectivity index (χ1n) is 10.7. The van der Waals surface area contributed by atoms with E-state index in [1.165, 1.54) is 0 Å². The highest BCUT2D eigenvalue weighted by molar-refractivity contribution is 6.03. The van der Waals surface area contributed by atoms with Crippen molar-refractivity contribution in [1.29, 1.82) is 0 Å². The molecule has 1 atom stereocenters. The van der Waals surface area contributed by atoms with Crippen LogP contribution in [0.1, 0.15) is 63.4 Å². The number of allylic oxidation sites excluding steroid dienone is 3. The van der Waals surface area contributed by atoms with Crippen LogP contribution in [0, 0.1) is 0 Å². The molecule has 4 rings (SSSR count). The van der Waals surface area contributed by atoms with Crippen molar-refractivity contribution in [1.82, 2.24) is 5.32 Å². The number of nitrogens with one attached hydrogen (secondary N) is 1. The van der Waals surface area contributed by atoms with Gasteiger partial charge >= 0.3 is 5.97 Å². The second kappa shape index (κ2) is 8.54. The molecule has 1 fully saturated rings. The van der Waals surface area contributed by atoms with E-state index in [1.807, 2.05) is 25.1 Å². The molecule has 0 spiro atoms. The molecule has 1 N–H and O–H groups in total. The van der Waals surface area contributed by atoms with Gasteiger partial charge in [-0.1, -0.05) is 6.07 Å². The van der Waals surface area contributed by atoms with Crippen molar-refractivity contribution < 1.29 is 23.8 Å². The Morgan fingerprint density at radius 1 is 1.03 bits per heavy atom. The zero-order valence-electron chi connectivity index (χ0n) is 17.9. The fourth-order valence-corrected chi connectivity index (χ4v) is 4.84. The van der Waals surface area contributed by atoms with E-state index in [9.17, 15) is 9.59 Å². The first kappa shape index (κ1) is 20.5. The van der Waals surface area contributed by atoms with Crippen molar-refractivity contribution in [2.45, 2.75) is 63.9 Å². The highest BCUT2D eigenvalue weighted by Gasteiger charge is 2.40. The average Bonchev–Trinajstić information content (AvgIpc) is 3.25. The van der Waals surface area contributed by atoms with Crippen molar-refractivity contribution in [2.24, 2.45) is 0 Å². The Hall–Kier alpha value is -2.76. The second-order valence-electron chi connectivity index (χ2n) is 8.19. The SMILES string of the molecule is COc1ccc(C2C(C(=O)OC3CCCC3)=C(C)NC3=C2C(=O)CCC3)cc1OC. The van der Waals surface area contributed by atoms with Crippen LogP contribution in [0.3, 0.4) is 0 Å². The van der Waals surface area contributed by atoms with Crippen molar-refractivity contribution in [3.05, 3.63) is 46.3 Å². The zero-order valence-corrected chi connectivity index (χ0v) is 17.9. The normalized spacial score (nSPS) is 22.0. The van der Waals surface area contributed by atoms with Crippen LogP contribution in [-0.4, -0.2) is 32.1 Å². The van der Waals surface area contributed by atoms with Gasteiger partial charge in [-0.2, -0.15) is 0 Å². The number of dihydropyridines is 1. The molecule has 6 heteroatoms. The Bertz CT molecular complexity index is 924. The minimum Gasteiger partial charge on any atom is -0.493 e. The van der Waals surface area contributed by atoms with E-state index in [-0.39, 0.29) is 17.9 Å². The molecular formula is C24H29NO5. The van der Waals surface area contributed by atoms with Crippen LogP contribution in [0.5, 0.6) is 11.5 Å². The third kappa shape index (κ3) is 3.71. The van der Waals surface area contributed by atoms with Crippen LogP contribution < -0.4 is 14.8 Å². The molecule has 0 amide bonds. The highest BCUT2D eigenvalue weighted by atomic mass is 16.5. The van der Waals surface area contributed by atoms with Gasteiger partial charge in [-0.3, -0.25) is 4.79 Å². The van der Waals surface area contributed by atoms with Gasteiger partial charge in [0.1, 0.15) is 6.10 Å². The fourth-order valence-electron chi connectivity index (χ4n) is 4.84. The molecule has 0 radical (unpaired) electrons. The standard InChI is InChI=1S/C24H29NO5/c1-14-21(24(27)30-16-7-4-5-8-16)22(23-17(25-14)9-6-10-18(23)26)15-11-12-19(28-2)20(13-15)29-3/h11-13,16,22,25H,4-10H2,1-3H3. The Morgan fingerprint density at radius 3 is 2.47 bits per heavy atom. The maximum Gasteiger partial charge on any atom is 0.337 e. The van der Waals surface area contributed by atoms with E-state index in [0.717, 1.165) is 55.5 Å². The summed E-state index contributed by atoms with van der Waals surface area (Å²) in [5.41, 5.74) is 3.70. The molecule has 6 nitrogen and oxygen atoms in total. The molecular weight excluding hydrogens is 382 g/mol. The van der Waals surface area contributed by atoms with Crippen LogP contribution in [0.15, 0.2) is 40.7 Å². The van der Waals surface area contributed by atoms with Crippen molar-refractivity contribution in [2.75, 3.05) is 14.2 Å². The third-order valence-electron chi connectivity index (χ3n) is 6.31. The smallest absolute Gasteiger partial charge is 0.337 e. The van der Waals surface area contributed by atoms with E-state index < -0.39 is 5.92 Å². The van der Waals surface area contributed by atoms with Crippen molar-refractivity contribution in [3.8, 4) is 11.5 Å². The Kier molecular flexibility index (Phi) is 5.84. The maximum atomic E-state index is 13.3. The van der Waals surface area contributed by atoms with Crippen LogP contribution in [0.25, 0.3) is 0 Å². The van der Waals surface area contributed by atoms with Gasteiger partial charge < -0.3 is 19.5 Å². The van der Waals surface area contributed by atoms with Gasteiger partial charge in [0.25, 0.3) is 0 Å². The summed E-state index contributed by atoms with van der Waals surface area (Å²) in [6.07, 6.45) is 6.04. The molecule has 1 heterocycles. The van der Waals surface area contributed by atoms with Gasteiger partial charge in [-0.15, -0.1) is 0 Å². The summed E-state index contributed by atoms with van der Waals surface area (Å²) in [7, 11) is 3.17. The van der Waals surface area contributed by atoms with Gasteiger partial charge in [0.2, 0.25) is 0 Å². The summed E-state index contributed by atoms with van der Waals surface area (Å²) in [6.45, 7) is 1.89.